The van der Waals surface area contributed by atoms with Crippen LogP contribution >= 0.6 is 0 Å². The molecule has 0 amide bonds. The summed E-state index contributed by atoms with van der Waals surface area (Å²) in [6.07, 6.45) is 8.53. The molecule has 2 aromatic heterocycles. The molecule has 0 spiro atoms. The second-order valence-corrected chi connectivity index (χ2v) is 4.98. The first-order valence-corrected chi connectivity index (χ1v) is 7.02. The lowest BCUT2D eigenvalue weighted by atomic mass is 10.4. The molecule has 0 N–H and O–H groups in total. The van der Waals surface area contributed by atoms with Gasteiger partial charge in [-0.25, -0.2) is 15.0 Å². The van der Waals surface area contributed by atoms with Crippen molar-refractivity contribution in [3.05, 3.63) is 37.5 Å². The van der Waals surface area contributed by atoms with E-state index < -0.39 is 0 Å². The van der Waals surface area contributed by atoms with Gasteiger partial charge in [0.15, 0.2) is 17.0 Å². The van der Waals surface area contributed by atoms with E-state index in [1.54, 1.807) is 6.33 Å². The second-order valence-electron chi connectivity index (χ2n) is 4.98. The van der Waals surface area contributed by atoms with Gasteiger partial charge in [0.05, 0.1) is 0 Å². The zero-order chi connectivity index (χ0) is 13.9. The maximum atomic E-state index is 4.74. The number of nitrogens with zero attached hydrogens (tertiary/aromatic N) is 5. The Bertz CT molecular complexity index is 637. The fraction of sp³-hybridized carbons (Fsp3) is 0.400. The van der Waals surface area contributed by atoms with Gasteiger partial charge in [-0.3, -0.25) is 0 Å². The van der Waals surface area contributed by atoms with Crippen molar-refractivity contribution >= 4 is 17.0 Å². The van der Waals surface area contributed by atoms with Gasteiger partial charge in [-0.1, -0.05) is 12.2 Å². The number of rotatable bonds is 5. The van der Waals surface area contributed by atoms with Gasteiger partial charge in [0.1, 0.15) is 12.2 Å². The molecule has 0 aliphatic carbocycles. The fourth-order valence-corrected chi connectivity index (χ4v) is 2.74. The number of anilines is 1. The number of imidazole rings is 1. The molecule has 5 heteroatoms. The predicted molar refractivity (Wildman–Crippen MR) is 80.9 cm³/mol. The van der Waals surface area contributed by atoms with Gasteiger partial charge in [0.25, 0.3) is 0 Å². The van der Waals surface area contributed by atoms with Crippen LogP contribution in [-0.4, -0.2) is 32.6 Å². The standard InChI is InChI=1S/C15H19N5/c1-3-7-12-18-13-14(19-9-5-6-10-19)16-11-17-15(13)20(12)8-4-2/h3-4,11H,1-2,5-10H2. The normalized spacial score (nSPS) is 14.9. The molecule has 0 saturated carbocycles. The molecule has 0 atom stereocenters. The Balaban J connectivity index is 2.15. The lowest BCUT2D eigenvalue weighted by Crippen LogP contribution is -2.19. The van der Waals surface area contributed by atoms with Crippen molar-refractivity contribution in [2.45, 2.75) is 25.8 Å². The molecule has 104 valence electrons. The van der Waals surface area contributed by atoms with Crippen molar-refractivity contribution in [2.75, 3.05) is 18.0 Å². The van der Waals surface area contributed by atoms with Crippen LogP contribution in [0.25, 0.3) is 11.2 Å². The molecule has 3 rings (SSSR count). The number of allylic oxidation sites excluding steroid dienone is 2. The molecule has 0 bridgehead atoms. The second kappa shape index (κ2) is 5.45. The Kier molecular flexibility index (Phi) is 3.50. The molecule has 0 unspecified atom stereocenters. The van der Waals surface area contributed by atoms with Crippen LogP contribution in [0, 0.1) is 0 Å². The third-order valence-corrected chi connectivity index (χ3v) is 3.64. The Labute approximate surface area is 118 Å². The highest BCUT2D eigenvalue weighted by atomic mass is 15.2. The quantitative estimate of drug-likeness (QED) is 0.782. The van der Waals surface area contributed by atoms with Crippen molar-refractivity contribution in [3.8, 4) is 0 Å². The molecule has 3 heterocycles. The number of fused-ring (bicyclic) bond motifs is 1. The summed E-state index contributed by atoms with van der Waals surface area (Å²) in [6.45, 7) is 10.4. The summed E-state index contributed by atoms with van der Waals surface area (Å²) >= 11 is 0. The van der Waals surface area contributed by atoms with Gasteiger partial charge >= 0.3 is 0 Å². The minimum Gasteiger partial charge on any atom is -0.355 e. The van der Waals surface area contributed by atoms with Gasteiger partial charge in [-0.05, 0) is 12.8 Å². The van der Waals surface area contributed by atoms with Crippen molar-refractivity contribution in [2.24, 2.45) is 0 Å². The maximum absolute atomic E-state index is 4.74. The van der Waals surface area contributed by atoms with Gasteiger partial charge in [0.2, 0.25) is 0 Å². The zero-order valence-corrected chi connectivity index (χ0v) is 11.6. The molecule has 1 aliphatic heterocycles. The molecule has 1 aliphatic rings. The van der Waals surface area contributed by atoms with E-state index in [2.05, 4.69) is 32.6 Å². The third-order valence-electron chi connectivity index (χ3n) is 3.64. The van der Waals surface area contributed by atoms with E-state index in [0.717, 1.165) is 42.3 Å². The van der Waals surface area contributed by atoms with Gasteiger partial charge in [-0.2, -0.15) is 0 Å². The molecule has 1 fully saturated rings. The fourth-order valence-electron chi connectivity index (χ4n) is 2.74. The molecular formula is C15H19N5. The SMILES string of the molecule is C=CCc1nc2c(N3CCCC3)ncnc2n1CC=C. The minimum absolute atomic E-state index is 0.704. The van der Waals surface area contributed by atoms with E-state index in [0.29, 0.717) is 6.54 Å². The number of aromatic nitrogens is 4. The lowest BCUT2D eigenvalue weighted by molar-refractivity contribution is 0.778. The molecule has 0 aromatic carbocycles. The monoisotopic (exact) mass is 269 g/mol. The van der Waals surface area contributed by atoms with Crippen LogP contribution in [0.1, 0.15) is 18.7 Å². The van der Waals surface area contributed by atoms with Crippen molar-refractivity contribution < 1.29 is 0 Å². The minimum atomic E-state index is 0.704. The van der Waals surface area contributed by atoms with Crippen LogP contribution in [0.4, 0.5) is 5.82 Å². The first-order chi connectivity index (χ1) is 9.85. The summed E-state index contributed by atoms with van der Waals surface area (Å²) in [5, 5.41) is 0. The van der Waals surface area contributed by atoms with Crippen LogP contribution in [0.15, 0.2) is 31.6 Å². The molecular weight excluding hydrogens is 250 g/mol. The Hall–Kier alpha value is -2.17. The van der Waals surface area contributed by atoms with Crippen molar-refractivity contribution in [3.63, 3.8) is 0 Å². The average molecular weight is 269 g/mol. The van der Waals surface area contributed by atoms with E-state index in [1.807, 2.05) is 12.2 Å². The van der Waals surface area contributed by atoms with E-state index in [-0.39, 0.29) is 0 Å². The molecule has 0 radical (unpaired) electrons. The Morgan fingerprint density at radius 1 is 1.15 bits per heavy atom. The molecule has 1 saturated heterocycles. The summed E-state index contributed by atoms with van der Waals surface area (Å²) < 4.78 is 2.09. The van der Waals surface area contributed by atoms with E-state index in [4.69, 9.17) is 4.98 Å². The van der Waals surface area contributed by atoms with Crippen LogP contribution in [0.3, 0.4) is 0 Å². The Morgan fingerprint density at radius 3 is 2.65 bits per heavy atom. The smallest absolute Gasteiger partial charge is 0.165 e. The lowest BCUT2D eigenvalue weighted by Gasteiger charge is -2.15. The first kappa shape index (κ1) is 12.8. The summed E-state index contributed by atoms with van der Waals surface area (Å²) in [5.74, 6) is 1.93. The van der Waals surface area contributed by atoms with Gasteiger partial charge < -0.3 is 9.47 Å². The number of hydrogen-bond donors (Lipinski definition) is 0. The molecule has 2 aromatic rings. The summed E-state index contributed by atoms with van der Waals surface area (Å²) in [7, 11) is 0. The first-order valence-electron chi connectivity index (χ1n) is 7.02. The Morgan fingerprint density at radius 2 is 1.95 bits per heavy atom. The highest BCUT2D eigenvalue weighted by molar-refractivity contribution is 5.84. The topological polar surface area (TPSA) is 46.8 Å². The maximum Gasteiger partial charge on any atom is 0.165 e. The van der Waals surface area contributed by atoms with Crippen LogP contribution in [0.5, 0.6) is 0 Å². The zero-order valence-electron chi connectivity index (χ0n) is 11.6. The largest absolute Gasteiger partial charge is 0.355 e. The highest BCUT2D eigenvalue weighted by Gasteiger charge is 2.20. The molecule has 20 heavy (non-hydrogen) atoms. The number of hydrogen-bond acceptors (Lipinski definition) is 4. The van der Waals surface area contributed by atoms with Crippen LogP contribution in [-0.2, 0) is 13.0 Å². The van der Waals surface area contributed by atoms with E-state index >= 15 is 0 Å². The summed E-state index contributed by atoms with van der Waals surface area (Å²) in [6, 6.07) is 0. The molecule has 5 nitrogen and oxygen atoms in total. The average Bonchev–Trinajstić information content (AvgIpc) is 3.08. The summed E-state index contributed by atoms with van der Waals surface area (Å²) in [5.41, 5.74) is 1.78. The predicted octanol–water partition coefficient (Wildman–Crippen LogP) is 2.34. The van der Waals surface area contributed by atoms with Crippen LogP contribution in [0.2, 0.25) is 0 Å². The van der Waals surface area contributed by atoms with E-state index in [1.165, 1.54) is 12.8 Å². The van der Waals surface area contributed by atoms with Crippen molar-refractivity contribution in [1.82, 2.24) is 19.5 Å². The third kappa shape index (κ3) is 2.09. The highest BCUT2D eigenvalue weighted by Crippen LogP contribution is 2.26. The van der Waals surface area contributed by atoms with Gasteiger partial charge in [0, 0.05) is 26.1 Å². The van der Waals surface area contributed by atoms with E-state index in [9.17, 15) is 0 Å². The van der Waals surface area contributed by atoms with Gasteiger partial charge in [-0.15, -0.1) is 13.2 Å². The van der Waals surface area contributed by atoms with Crippen LogP contribution < -0.4 is 4.90 Å². The summed E-state index contributed by atoms with van der Waals surface area (Å²) in [4.78, 5) is 15.9. The van der Waals surface area contributed by atoms with Crippen molar-refractivity contribution in [1.29, 1.82) is 0 Å².